The molecule has 4 fully saturated rings. The summed E-state index contributed by atoms with van der Waals surface area (Å²) < 4.78 is 41.6. The minimum atomic E-state index is -1.62. The van der Waals surface area contributed by atoms with Crippen molar-refractivity contribution >= 4 is 5.91 Å². The van der Waals surface area contributed by atoms with E-state index < -0.39 is 155 Å². The number of unbranched alkanes of at least 4 members (excludes halogenated alkanes) is 12. The van der Waals surface area contributed by atoms with Gasteiger partial charge in [-0.3, -0.25) is 4.79 Å². The Morgan fingerprint density at radius 3 is 1.27 bits per heavy atom. The van der Waals surface area contributed by atoms with Gasteiger partial charge in [0.15, 0.2) is 25.2 Å². The predicted molar refractivity (Wildman–Crippen MR) is 220 cm³/mol. The number of ether oxygens (including phenoxy) is 7. The summed E-state index contributed by atoms with van der Waals surface area (Å²) >= 11 is 0. The third-order valence-electron chi connectivity index (χ3n) is 13.1. The highest BCUT2D eigenvalue weighted by Gasteiger charge is 2.54. The summed E-state index contributed by atoms with van der Waals surface area (Å²) in [5.74, 6) is -2.97. The second kappa shape index (κ2) is 26.8. The van der Waals surface area contributed by atoms with E-state index in [1.54, 1.807) is 13.8 Å². The van der Waals surface area contributed by atoms with Crippen LogP contribution in [0.4, 0.5) is 0 Å². The molecule has 20 atom stereocenters. The Labute approximate surface area is 365 Å². The van der Waals surface area contributed by atoms with Crippen LogP contribution >= 0.6 is 0 Å². The number of hydrogen-bond donors (Lipinski definition) is 11. The van der Waals surface area contributed by atoms with Gasteiger partial charge in [-0.05, 0) is 6.42 Å². The standard InChI is InChI=1S/C43H79NO18/c1-5-6-7-8-9-10-11-12-13-14-15-16-17-18-30(49)44-31-36(54)35(53)26(19-45)57-43(31)62-39-29(22-48)59-42(25(4)34(39)52)61-38-28(21-47)58-41(24(3)33(38)51)60-37-27(20-46)56-40(55)23(2)32(37)50/h23-29,31-43,45-48,50-55H,5-22H2,1-4H3,(H,44,49). The van der Waals surface area contributed by atoms with Crippen LogP contribution in [0.25, 0.3) is 0 Å². The molecule has 4 rings (SSSR count). The molecule has 4 aliphatic heterocycles. The average molecular weight is 898 g/mol. The quantitative estimate of drug-likeness (QED) is 0.0524. The molecule has 0 saturated carbocycles. The van der Waals surface area contributed by atoms with Gasteiger partial charge < -0.3 is 89.5 Å². The van der Waals surface area contributed by atoms with Crippen molar-refractivity contribution in [3.8, 4) is 0 Å². The van der Waals surface area contributed by atoms with Gasteiger partial charge in [-0.1, -0.05) is 105 Å². The topological polar surface area (TPSA) is 296 Å². The molecule has 11 N–H and O–H groups in total. The fourth-order valence-electron chi connectivity index (χ4n) is 8.81. The van der Waals surface area contributed by atoms with Crippen LogP contribution in [0.1, 0.15) is 118 Å². The lowest BCUT2D eigenvalue weighted by Gasteiger charge is -2.50. The van der Waals surface area contributed by atoms with E-state index in [9.17, 15) is 55.9 Å². The Balaban J connectivity index is 1.32. The van der Waals surface area contributed by atoms with Crippen molar-refractivity contribution < 1.29 is 89.0 Å². The highest BCUT2D eigenvalue weighted by atomic mass is 16.8. The number of aliphatic hydroxyl groups excluding tert-OH is 10. The zero-order chi connectivity index (χ0) is 45.5. The van der Waals surface area contributed by atoms with E-state index in [-0.39, 0.29) is 6.42 Å². The SMILES string of the molecule is CCCCCCCCCCCCCCCC(=O)NC1C(OC2C(CO)OC(OC3C(CO)OC(OC4C(CO)OC(O)C(C)C4O)C(C)C3O)C(C)C2O)OC(CO)C(O)C1O. The van der Waals surface area contributed by atoms with Crippen molar-refractivity contribution in [1.29, 1.82) is 0 Å². The number of carbonyl (C=O) groups is 1. The molecule has 19 nitrogen and oxygen atoms in total. The molecule has 0 aromatic carbocycles. The number of hydrogen-bond acceptors (Lipinski definition) is 18. The van der Waals surface area contributed by atoms with Gasteiger partial charge in [0.25, 0.3) is 0 Å². The maximum atomic E-state index is 13.1. The Morgan fingerprint density at radius 2 is 0.839 bits per heavy atom. The predicted octanol–water partition coefficient (Wildman–Crippen LogP) is -0.318. The molecule has 0 aliphatic carbocycles. The Bertz CT molecular complexity index is 1250. The lowest BCUT2D eigenvalue weighted by Crippen LogP contribution is -2.67. The smallest absolute Gasteiger partial charge is 0.220 e. The zero-order valence-corrected chi connectivity index (χ0v) is 37.0. The van der Waals surface area contributed by atoms with Crippen LogP contribution in [0.5, 0.6) is 0 Å². The molecule has 4 aliphatic rings. The second-order valence-electron chi connectivity index (χ2n) is 17.8. The van der Waals surface area contributed by atoms with Gasteiger partial charge in [0, 0.05) is 24.2 Å². The fraction of sp³-hybridized carbons (Fsp3) is 0.977. The summed E-state index contributed by atoms with van der Waals surface area (Å²) in [7, 11) is 0. The van der Waals surface area contributed by atoms with Gasteiger partial charge in [0.1, 0.15) is 61.0 Å². The van der Waals surface area contributed by atoms with Crippen LogP contribution in [0.15, 0.2) is 0 Å². The van der Waals surface area contributed by atoms with E-state index in [0.717, 1.165) is 25.7 Å². The van der Waals surface area contributed by atoms with Crippen molar-refractivity contribution in [3.05, 3.63) is 0 Å². The molecule has 62 heavy (non-hydrogen) atoms. The van der Waals surface area contributed by atoms with E-state index in [1.165, 1.54) is 58.3 Å². The minimum absolute atomic E-state index is 0.151. The van der Waals surface area contributed by atoms with E-state index in [2.05, 4.69) is 12.2 Å². The van der Waals surface area contributed by atoms with E-state index in [1.807, 2.05) is 0 Å². The Hall–Kier alpha value is -1.21. The van der Waals surface area contributed by atoms with Gasteiger partial charge in [0.2, 0.25) is 5.91 Å². The summed E-state index contributed by atoms with van der Waals surface area (Å²) in [5.41, 5.74) is 0. The Morgan fingerprint density at radius 1 is 0.468 bits per heavy atom. The number of amides is 1. The molecule has 364 valence electrons. The van der Waals surface area contributed by atoms with Crippen molar-refractivity contribution in [3.63, 3.8) is 0 Å². The molecular formula is C43H79NO18. The number of rotatable bonds is 25. The van der Waals surface area contributed by atoms with Crippen molar-refractivity contribution in [2.75, 3.05) is 26.4 Å². The maximum absolute atomic E-state index is 13.1. The molecule has 19 heteroatoms. The molecule has 20 unspecified atom stereocenters. The zero-order valence-electron chi connectivity index (χ0n) is 37.0. The van der Waals surface area contributed by atoms with Crippen LogP contribution in [0.2, 0.25) is 0 Å². The number of nitrogens with one attached hydrogen (secondary N) is 1. The third-order valence-corrected chi connectivity index (χ3v) is 13.1. The van der Waals surface area contributed by atoms with E-state index in [4.69, 9.17) is 33.2 Å². The molecular weight excluding hydrogens is 818 g/mol. The lowest BCUT2D eigenvalue weighted by molar-refractivity contribution is -0.372. The number of aliphatic hydroxyl groups is 10. The normalized spacial score (nSPS) is 41.6. The summed E-state index contributed by atoms with van der Waals surface area (Å²) in [4.78, 5) is 13.1. The summed E-state index contributed by atoms with van der Waals surface area (Å²) in [6.07, 6.45) is -6.30. The Kier molecular flexibility index (Phi) is 23.1. The maximum Gasteiger partial charge on any atom is 0.220 e. The van der Waals surface area contributed by atoms with Crippen LogP contribution in [0.3, 0.4) is 0 Å². The van der Waals surface area contributed by atoms with E-state index in [0.29, 0.717) is 6.42 Å². The lowest BCUT2D eigenvalue weighted by atomic mass is 9.89. The molecule has 0 bridgehead atoms. The number of carbonyl (C=O) groups excluding carboxylic acids is 1. The first-order valence-corrected chi connectivity index (χ1v) is 23.1. The highest BCUT2D eigenvalue weighted by molar-refractivity contribution is 5.76. The van der Waals surface area contributed by atoms with Crippen molar-refractivity contribution in [2.45, 2.75) is 222 Å². The minimum Gasteiger partial charge on any atom is -0.394 e. The van der Waals surface area contributed by atoms with Crippen molar-refractivity contribution in [1.82, 2.24) is 5.32 Å². The van der Waals surface area contributed by atoms with E-state index >= 15 is 0 Å². The molecule has 0 aromatic heterocycles. The molecule has 0 aromatic rings. The van der Waals surface area contributed by atoms with Gasteiger partial charge in [-0.25, -0.2) is 0 Å². The van der Waals surface area contributed by atoms with Crippen LogP contribution in [-0.4, -0.2) is 188 Å². The van der Waals surface area contributed by atoms with Crippen LogP contribution in [0, 0.1) is 17.8 Å². The fourth-order valence-corrected chi connectivity index (χ4v) is 8.81. The van der Waals surface area contributed by atoms with Crippen LogP contribution < -0.4 is 5.32 Å². The first-order valence-electron chi connectivity index (χ1n) is 23.1. The monoisotopic (exact) mass is 898 g/mol. The highest BCUT2D eigenvalue weighted by Crippen LogP contribution is 2.38. The summed E-state index contributed by atoms with van der Waals surface area (Å²) in [6, 6.07) is -1.32. The molecule has 1 amide bonds. The largest absolute Gasteiger partial charge is 0.394 e. The average Bonchev–Trinajstić information content (AvgIpc) is 3.26. The third kappa shape index (κ3) is 14.2. The summed E-state index contributed by atoms with van der Waals surface area (Å²) in [5, 5.41) is 109. The molecule has 0 spiro atoms. The first kappa shape index (κ1) is 53.4. The van der Waals surface area contributed by atoms with Crippen LogP contribution in [-0.2, 0) is 38.0 Å². The first-order chi connectivity index (χ1) is 29.7. The molecule has 0 radical (unpaired) electrons. The van der Waals surface area contributed by atoms with Gasteiger partial charge >= 0.3 is 0 Å². The van der Waals surface area contributed by atoms with Gasteiger partial charge in [-0.15, -0.1) is 0 Å². The summed E-state index contributed by atoms with van der Waals surface area (Å²) in [6.45, 7) is 4.22. The molecule has 4 heterocycles. The van der Waals surface area contributed by atoms with Crippen molar-refractivity contribution in [2.24, 2.45) is 17.8 Å². The van der Waals surface area contributed by atoms with Gasteiger partial charge in [-0.2, -0.15) is 0 Å². The molecule has 4 saturated heterocycles. The second-order valence-corrected chi connectivity index (χ2v) is 17.8. The van der Waals surface area contributed by atoms with Gasteiger partial charge in [0.05, 0.1) is 44.7 Å².